The molecule has 4 rings (SSSR count). The Morgan fingerprint density at radius 2 is 2.03 bits per heavy atom. The largest absolute Gasteiger partial charge is 0.479 e. The van der Waals surface area contributed by atoms with E-state index in [1.165, 1.54) is 18.4 Å². The van der Waals surface area contributed by atoms with Crippen molar-refractivity contribution in [2.75, 3.05) is 13.7 Å². The Balaban J connectivity index is 2.00. The average molecular weight is 710 g/mol. The second-order valence-corrected chi connectivity index (χ2v) is 10.9. The summed E-state index contributed by atoms with van der Waals surface area (Å²) in [4.78, 5) is 31.9. The third kappa shape index (κ3) is 5.10. The number of carbonyl (C=O) groups excluding carboxylic acids is 1. The molecule has 0 aliphatic carbocycles. The number of carbonyl (C=O) groups is 1. The number of hydrogen-bond acceptors (Lipinski definition) is 6. The van der Waals surface area contributed by atoms with E-state index >= 15 is 0 Å². The fourth-order valence-corrected chi connectivity index (χ4v) is 6.97. The number of esters is 1. The first-order valence-electron chi connectivity index (χ1n) is 10.6. The van der Waals surface area contributed by atoms with Crippen LogP contribution in [0.2, 0.25) is 0 Å². The van der Waals surface area contributed by atoms with Gasteiger partial charge in [0.25, 0.3) is 5.56 Å². The monoisotopic (exact) mass is 710 g/mol. The summed E-state index contributed by atoms with van der Waals surface area (Å²) in [6, 6.07) is 12.8. The number of terminal acetylenes is 1. The maximum Gasteiger partial charge on any atom is 0.338 e. The summed E-state index contributed by atoms with van der Waals surface area (Å²) < 4.78 is 14.9. The quantitative estimate of drug-likeness (QED) is 0.221. The number of aromatic nitrogens is 1. The van der Waals surface area contributed by atoms with E-state index in [2.05, 4.69) is 51.1 Å². The highest BCUT2D eigenvalue weighted by atomic mass is 127. The van der Waals surface area contributed by atoms with Gasteiger partial charge < -0.3 is 9.47 Å². The number of nitrogens with zero attached hydrogens (tertiary/aromatic N) is 2. The van der Waals surface area contributed by atoms with Gasteiger partial charge in [0.2, 0.25) is 0 Å². The van der Waals surface area contributed by atoms with Crippen LogP contribution in [0.25, 0.3) is 6.08 Å². The van der Waals surface area contributed by atoms with Gasteiger partial charge >= 0.3 is 5.97 Å². The smallest absolute Gasteiger partial charge is 0.338 e. The molecule has 2 heterocycles. The van der Waals surface area contributed by atoms with E-state index in [0.29, 0.717) is 32.8 Å². The Hall–Kier alpha value is -2.43. The molecule has 0 radical (unpaired) electrons. The second-order valence-electron chi connectivity index (χ2n) is 7.50. The van der Waals surface area contributed by atoms with Crippen LogP contribution in [-0.4, -0.2) is 24.3 Å². The summed E-state index contributed by atoms with van der Waals surface area (Å²) >= 11 is 5.71. The van der Waals surface area contributed by atoms with E-state index in [1.54, 1.807) is 10.6 Å². The molecule has 0 amide bonds. The highest BCUT2D eigenvalue weighted by Gasteiger charge is 2.33. The normalized spacial score (nSPS) is 15.3. The van der Waals surface area contributed by atoms with E-state index in [0.717, 1.165) is 18.3 Å². The van der Waals surface area contributed by atoms with Crippen LogP contribution in [0, 0.1) is 19.5 Å². The zero-order valence-electron chi connectivity index (χ0n) is 18.9. The lowest BCUT2D eigenvalue weighted by molar-refractivity contribution is -0.136. The molecule has 178 valence electrons. The van der Waals surface area contributed by atoms with E-state index < -0.39 is 12.0 Å². The van der Waals surface area contributed by atoms with Crippen molar-refractivity contribution in [1.29, 1.82) is 0 Å². The van der Waals surface area contributed by atoms with Crippen LogP contribution in [-0.2, 0) is 9.53 Å². The molecule has 0 bridgehead atoms. The zero-order chi connectivity index (χ0) is 25.1. The minimum absolute atomic E-state index is 0.120. The molecule has 35 heavy (non-hydrogen) atoms. The van der Waals surface area contributed by atoms with Gasteiger partial charge in [-0.1, -0.05) is 54.5 Å². The molecular formula is C26H20I2N2O4S. The van der Waals surface area contributed by atoms with E-state index in [4.69, 9.17) is 20.9 Å². The van der Waals surface area contributed by atoms with Crippen molar-refractivity contribution in [3.63, 3.8) is 0 Å². The van der Waals surface area contributed by atoms with Crippen molar-refractivity contribution < 1.29 is 14.3 Å². The molecule has 1 atom stereocenters. The highest BCUT2D eigenvalue weighted by Crippen LogP contribution is 2.32. The zero-order valence-corrected chi connectivity index (χ0v) is 24.0. The number of thiazole rings is 1. The standard InChI is InChI=1S/C26H20I2N2O4S/c1-4-11-34-23-16(12-17(27)14-18(23)28)13-20-24(31)30-22(15-9-7-6-8-10-15)21(25(32)33-3)19(5-2)29-26(30)35-20/h1,6-10,12-14,22H,5,11H2,2-3H3/b20-13+/t22-/m0/s1. The summed E-state index contributed by atoms with van der Waals surface area (Å²) in [6.07, 6.45) is 7.73. The van der Waals surface area contributed by atoms with Gasteiger partial charge in [-0.25, -0.2) is 9.79 Å². The van der Waals surface area contributed by atoms with Gasteiger partial charge in [0.05, 0.1) is 32.5 Å². The molecule has 0 unspecified atom stereocenters. The Bertz CT molecular complexity index is 1550. The van der Waals surface area contributed by atoms with Crippen LogP contribution in [0.3, 0.4) is 0 Å². The Morgan fingerprint density at radius 3 is 2.69 bits per heavy atom. The summed E-state index contributed by atoms with van der Waals surface area (Å²) in [7, 11) is 1.34. The highest BCUT2D eigenvalue weighted by molar-refractivity contribution is 14.1. The van der Waals surface area contributed by atoms with Crippen molar-refractivity contribution in [3.05, 3.63) is 91.7 Å². The number of rotatable bonds is 6. The van der Waals surface area contributed by atoms with Crippen LogP contribution in [0.4, 0.5) is 0 Å². The second kappa shape index (κ2) is 11.1. The number of allylic oxidation sites excluding steroid dienone is 1. The maximum atomic E-state index is 13.8. The third-order valence-electron chi connectivity index (χ3n) is 5.39. The summed E-state index contributed by atoms with van der Waals surface area (Å²) in [5.41, 5.74) is 2.31. The first-order chi connectivity index (χ1) is 16.9. The molecule has 2 aromatic carbocycles. The average Bonchev–Trinajstić information content (AvgIpc) is 3.16. The number of methoxy groups -OCH3 is 1. The molecule has 0 N–H and O–H groups in total. The first kappa shape index (κ1) is 25.7. The number of fused-ring (bicyclic) bond motifs is 1. The van der Waals surface area contributed by atoms with Crippen molar-refractivity contribution in [1.82, 2.24) is 4.57 Å². The van der Waals surface area contributed by atoms with Gasteiger partial charge in [0.1, 0.15) is 12.4 Å². The fourth-order valence-electron chi connectivity index (χ4n) is 3.91. The lowest BCUT2D eigenvalue weighted by atomic mass is 9.95. The van der Waals surface area contributed by atoms with Gasteiger partial charge in [-0.05, 0) is 75.4 Å². The molecule has 1 aliphatic heterocycles. The number of hydrogen-bond donors (Lipinski definition) is 0. The predicted molar refractivity (Wildman–Crippen MR) is 153 cm³/mol. The van der Waals surface area contributed by atoms with E-state index in [9.17, 15) is 9.59 Å². The van der Waals surface area contributed by atoms with Crippen LogP contribution < -0.4 is 19.6 Å². The summed E-state index contributed by atoms with van der Waals surface area (Å²) in [6.45, 7) is 2.05. The van der Waals surface area contributed by atoms with E-state index in [1.807, 2.05) is 49.4 Å². The number of halogens is 2. The fraction of sp³-hybridized carbons (Fsp3) is 0.192. The van der Waals surface area contributed by atoms with Gasteiger partial charge in [0.15, 0.2) is 4.80 Å². The summed E-state index contributed by atoms with van der Waals surface area (Å²) in [5.74, 6) is 2.62. The molecule has 0 saturated heterocycles. The molecule has 6 nitrogen and oxygen atoms in total. The van der Waals surface area contributed by atoms with Crippen LogP contribution in [0.5, 0.6) is 5.75 Å². The Kier molecular flexibility index (Phi) is 8.13. The van der Waals surface area contributed by atoms with Crippen LogP contribution >= 0.6 is 56.5 Å². The molecule has 9 heteroatoms. The van der Waals surface area contributed by atoms with Crippen molar-refractivity contribution >= 4 is 68.6 Å². The van der Waals surface area contributed by atoms with E-state index in [-0.39, 0.29) is 12.2 Å². The van der Waals surface area contributed by atoms with Gasteiger partial charge in [-0.2, -0.15) is 0 Å². The minimum atomic E-state index is -0.634. The Labute approximate surface area is 233 Å². The molecular weight excluding hydrogens is 690 g/mol. The first-order valence-corrected chi connectivity index (χ1v) is 13.6. The summed E-state index contributed by atoms with van der Waals surface area (Å²) in [5, 5.41) is 0. The number of ether oxygens (including phenoxy) is 2. The molecule has 3 aromatic rings. The molecule has 0 fully saturated rings. The van der Waals surface area contributed by atoms with Crippen molar-refractivity contribution in [3.8, 4) is 18.1 Å². The lowest BCUT2D eigenvalue weighted by Crippen LogP contribution is -2.40. The third-order valence-corrected chi connectivity index (χ3v) is 7.80. The molecule has 1 aliphatic rings. The predicted octanol–water partition coefficient (Wildman–Crippen LogP) is 4.02. The maximum absolute atomic E-state index is 13.8. The van der Waals surface area contributed by atoms with Crippen molar-refractivity contribution in [2.45, 2.75) is 19.4 Å². The lowest BCUT2D eigenvalue weighted by Gasteiger charge is -2.25. The Morgan fingerprint density at radius 1 is 1.29 bits per heavy atom. The number of benzene rings is 2. The van der Waals surface area contributed by atoms with Crippen molar-refractivity contribution in [2.24, 2.45) is 4.99 Å². The van der Waals surface area contributed by atoms with Gasteiger partial charge in [-0.15, -0.1) is 6.42 Å². The van der Waals surface area contributed by atoms with Gasteiger partial charge in [-0.3, -0.25) is 9.36 Å². The van der Waals surface area contributed by atoms with Crippen LogP contribution in [0.1, 0.15) is 30.5 Å². The minimum Gasteiger partial charge on any atom is -0.479 e. The SMILES string of the molecule is C#CCOc1c(I)cc(I)cc1/C=c1/sc2n(c1=O)[C@@H](c1ccccc1)C(C(=O)OC)=C(CC)N=2. The van der Waals surface area contributed by atoms with Crippen LogP contribution in [0.15, 0.2) is 63.5 Å². The molecule has 0 saturated carbocycles. The molecule has 0 spiro atoms. The molecule has 1 aromatic heterocycles. The van der Waals surface area contributed by atoms with Gasteiger partial charge in [0, 0.05) is 9.13 Å². The topological polar surface area (TPSA) is 69.9 Å².